The van der Waals surface area contributed by atoms with Crippen molar-refractivity contribution >= 4 is 11.7 Å². The molecule has 0 saturated carbocycles. The second kappa shape index (κ2) is 8.47. The number of alkyl halides is 3. The maximum Gasteiger partial charge on any atom is 0.434 e. The first-order valence-electron chi connectivity index (χ1n) is 10.6. The van der Waals surface area contributed by atoms with E-state index in [9.17, 15) is 22.4 Å². The summed E-state index contributed by atoms with van der Waals surface area (Å²) in [5.41, 5.74) is -0.261. The molecule has 0 spiro atoms. The number of hydrogen-bond acceptors (Lipinski definition) is 6. The van der Waals surface area contributed by atoms with E-state index in [1.165, 1.54) is 30.6 Å². The summed E-state index contributed by atoms with van der Waals surface area (Å²) in [7, 11) is 0. The summed E-state index contributed by atoms with van der Waals surface area (Å²) in [5, 5.41) is 3.01. The molecule has 2 aromatic heterocycles. The lowest BCUT2D eigenvalue weighted by Gasteiger charge is -2.45. The van der Waals surface area contributed by atoms with Crippen LogP contribution in [0.1, 0.15) is 28.9 Å². The lowest BCUT2D eigenvalue weighted by molar-refractivity contribution is -0.141. The fourth-order valence-corrected chi connectivity index (χ4v) is 4.37. The molecular formula is C23H18F4N6O. The first-order chi connectivity index (χ1) is 16.3. The van der Waals surface area contributed by atoms with Crippen molar-refractivity contribution in [3.8, 4) is 11.4 Å². The third kappa shape index (κ3) is 4.09. The van der Waals surface area contributed by atoms with Gasteiger partial charge in [-0.05, 0) is 37.0 Å². The number of benzene rings is 1. The van der Waals surface area contributed by atoms with E-state index >= 15 is 0 Å². The number of amides is 1. The summed E-state index contributed by atoms with van der Waals surface area (Å²) in [6.45, 7) is 0.443. The van der Waals surface area contributed by atoms with Crippen LogP contribution < -0.4 is 5.32 Å². The van der Waals surface area contributed by atoms with Gasteiger partial charge in [-0.25, -0.2) is 24.3 Å². The highest BCUT2D eigenvalue weighted by Gasteiger charge is 2.39. The third-order valence-corrected chi connectivity index (χ3v) is 5.90. The van der Waals surface area contributed by atoms with Crippen molar-refractivity contribution in [2.24, 2.45) is 5.92 Å². The quantitative estimate of drug-likeness (QED) is 0.572. The monoisotopic (exact) mass is 470 g/mol. The van der Waals surface area contributed by atoms with Crippen LogP contribution in [0.5, 0.6) is 0 Å². The third-order valence-electron chi connectivity index (χ3n) is 5.90. The molecule has 2 aliphatic heterocycles. The number of carbonyl (C=O) groups excluding carboxylic acids is 1. The van der Waals surface area contributed by atoms with Gasteiger partial charge in [0.25, 0.3) is 5.91 Å². The number of aromatic nitrogens is 4. The van der Waals surface area contributed by atoms with Gasteiger partial charge < -0.3 is 10.2 Å². The molecule has 1 aliphatic carbocycles. The normalized spacial score (nSPS) is 19.6. The lowest BCUT2D eigenvalue weighted by atomic mass is 9.83. The fraction of sp³-hybridized carbons (Fsp3) is 0.261. The molecule has 0 radical (unpaired) electrons. The number of nitrogens with zero attached hydrogens (tertiary/aromatic N) is 5. The minimum absolute atomic E-state index is 0.0293. The second-order valence-corrected chi connectivity index (χ2v) is 8.08. The first-order valence-corrected chi connectivity index (χ1v) is 10.6. The maximum atomic E-state index is 14.8. The largest absolute Gasteiger partial charge is 0.434 e. The van der Waals surface area contributed by atoms with Crippen LogP contribution in [0.2, 0.25) is 0 Å². The molecule has 1 saturated heterocycles. The van der Waals surface area contributed by atoms with Crippen LogP contribution in [-0.4, -0.2) is 43.3 Å². The Morgan fingerprint density at radius 3 is 2.50 bits per heavy atom. The van der Waals surface area contributed by atoms with Gasteiger partial charge in [-0.15, -0.1) is 0 Å². The summed E-state index contributed by atoms with van der Waals surface area (Å²) < 4.78 is 53.1. The molecule has 3 aromatic rings. The van der Waals surface area contributed by atoms with Crippen LogP contribution in [0, 0.1) is 11.7 Å². The first kappa shape index (κ1) is 21.9. The van der Waals surface area contributed by atoms with Crippen molar-refractivity contribution in [1.29, 1.82) is 0 Å². The average Bonchev–Trinajstić information content (AvgIpc) is 2.84. The lowest BCUT2D eigenvalue weighted by Crippen LogP contribution is -2.52. The predicted octanol–water partition coefficient (Wildman–Crippen LogP) is 4.32. The van der Waals surface area contributed by atoms with Gasteiger partial charge in [0.2, 0.25) is 0 Å². The summed E-state index contributed by atoms with van der Waals surface area (Å²) in [6, 6.07) is 5.49. The molecule has 1 amide bonds. The molecule has 2 atom stereocenters. The number of nitrogens with one attached hydrogen (secondary N) is 1. The molecule has 174 valence electrons. The Morgan fingerprint density at radius 2 is 1.82 bits per heavy atom. The van der Waals surface area contributed by atoms with Gasteiger partial charge in [0.15, 0.2) is 11.5 Å². The van der Waals surface area contributed by atoms with Crippen LogP contribution >= 0.6 is 0 Å². The molecule has 7 nitrogen and oxygen atoms in total. The topological polar surface area (TPSA) is 83.9 Å². The van der Waals surface area contributed by atoms with E-state index in [1.807, 2.05) is 6.08 Å². The van der Waals surface area contributed by atoms with Gasteiger partial charge in [-0.2, -0.15) is 13.2 Å². The van der Waals surface area contributed by atoms with Crippen LogP contribution in [0.15, 0.2) is 60.8 Å². The van der Waals surface area contributed by atoms with E-state index in [0.717, 1.165) is 12.6 Å². The zero-order valence-electron chi connectivity index (χ0n) is 17.6. The number of rotatable bonds is 4. The van der Waals surface area contributed by atoms with Crippen molar-refractivity contribution in [1.82, 2.24) is 24.8 Å². The maximum absolute atomic E-state index is 14.8. The van der Waals surface area contributed by atoms with E-state index in [-0.39, 0.29) is 40.6 Å². The van der Waals surface area contributed by atoms with Gasteiger partial charge in [-0.3, -0.25) is 4.79 Å². The van der Waals surface area contributed by atoms with Crippen molar-refractivity contribution in [3.05, 3.63) is 77.9 Å². The SMILES string of the molecule is O=C(c1cccc(F)c1-c1ncccn1)N1CC2C=C(Nc3cnc(C(F)(F)F)cn3)C1CC2. The molecule has 1 fully saturated rings. The molecule has 6 rings (SSSR count). The van der Waals surface area contributed by atoms with E-state index in [0.29, 0.717) is 24.9 Å². The minimum atomic E-state index is -4.58. The summed E-state index contributed by atoms with van der Waals surface area (Å²) >= 11 is 0. The van der Waals surface area contributed by atoms with Crippen molar-refractivity contribution in [3.63, 3.8) is 0 Å². The molecule has 34 heavy (non-hydrogen) atoms. The number of anilines is 1. The fourth-order valence-electron chi connectivity index (χ4n) is 4.37. The highest BCUT2D eigenvalue weighted by atomic mass is 19.4. The zero-order valence-corrected chi connectivity index (χ0v) is 17.6. The number of carbonyl (C=O) groups is 1. The van der Waals surface area contributed by atoms with Gasteiger partial charge in [0.1, 0.15) is 11.6 Å². The van der Waals surface area contributed by atoms with Crippen LogP contribution in [-0.2, 0) is 6.18 Å². The molecule has 2 bridgehead atoms. The second-order valence-electron chi connectivity index (χ2n) is 8.08. The Hall–Kier alpha value is -3.89. The van der Waals surface area contributed by atoms with Crippen LogP contribution in [0.3, 0.4) is 0 Å². The highest BCUT2D eigenvalue weighted by molar-refractivity contribution is 6.00. The summed E-state index contributed by atoms with van der Waals surface area (Å²) in [5.74, 6) is -0.678. The van der Waals surface area contributed by atoms with Crippen LogP contribution in [0.4, 0.5) is 23.4 Å². The van der Waals surface area contributed by atoms with E-state index in [1.54, 1.807) is 11.0 Å². The molecule has 11 heteroatoms. The molecular weight excluding hydrogens is 452 g/mol. The average molecular weight is 470 g/mol. The van der Waals surface area contributed by atoms with E-state index in [4.69, 9.17) is 0 Å². The number of fused-ring (bicyclic) bond motifs is 2. The smallest absolute Gasteiger partial charge is 0.341 e. The molecule has 2 unspecified atom stereocenters. The Kier molecular flexibility index (Phi) is 5.46. The van der Waals surface area contributed by atoms with Crippen molar-refractivity contribution < 1.29 is 22.4 Å². The van der Waals surface area contributed by atoms with E-state index < -0.39 is 17.7 Å². The predicted molar refractivity (Wildman–Crippen MR) is 114 cm³/mol. The Balaban J connectivity index is 1.42. The Bertz CT molecular complexity index is 1250. The van der Waals surface area contributed by atoms with Gasteiger partial charge in [0, 0.05) is 24.6 Å². The van der Waals surface area contributed by atoms with Crippen molar-refractivity contribution in [2.45, 2.75) is 25.1 Å². The standard InChI is InChI=1S/C23H18F4N6O/c24-15-4-1-3-14(20(15)21-28-7-2-8-29-21)22(34)33-12-13-5-6-17(33)16(9-13)32-19-11-30-18(10-31-19)23(25,26)27/h1-4,7-11,13,17H,5-6,12H2,(H,31,32). The molecule has 1 N–H and O–H groups in total. The van der Waals surface area contributed by atoms with Crippen LogP contribution in [0.25, 0.3) is 11.4 Å². The summed E-state index contributed by atoms with van der Waals surface area (Å²) in [6.07, 6.45) is 3.50. The molecule has 4 heterocycles. The van der Waals surface area contributed by atoms with E-state index in [2.05, 4.69) is 25.3 Å². The Morgan fingerprint density at radius 1 is 1.03 bits per heavy atom. The number of halogens is 4. The minimum Gasteiger partial charge on any atom is -0.341 e. The molecule has 3 aliphatic rings. The Labute approximate surface area is 191 Å². The zero-order chi connectivity index (χ0) is 23.9. The van der Waals surface area contributed by atoms with Gasteiger partial charge in [0.05, 0.1) is 29.6 Å². The van der Waals surface area contributed by atoms with Crippen molar-refractivity contribution in [2.75, 3.05) is 11.9 Å². The van der Waals surface area contributed by atoms with Gasteiger partial charge >= 0.3 is 6.18 Å². The number of piperidine rings is 1. The highest BCUT2D eigenvalue weighted by Crippen LogP contribution is 2.37. The number of hydrogen-bond donors (Lipinski definition) is 1. The summed E-state index contributed by atoms with van der Waals surface area (Å²) in [4.78, 5) is 30.7. The van der Waals surface area contributed by atoms with Gasteiger partial charge in [-0.1, -0.05) is 12.1 Å². The molecule has 1 aromatic carbocycles.